The topological polar surface area (TPSA) is 26.2 Å². The van der Waals surface area contributed by atoms with Crippen molar-refractivity contribution < 1.29 is 17.9 Å². The normalized spacial score (nSPS) is 12.2. The highest BCUT2D eigenvalue weighted by Crippen LogP contribution is 2.21. The fourth-order valence-corrected chi connectivity index (χ4v) is 2.19. The average Bonchev–Trinajstić information content (AvgIpc) is 2.79. The first-order valence-electron chi connectivity index (χ1n) is 6.49. The van der Waals surface area contributed by atoms with Gasteiger partial charge in [-0.05, 0) is 23.6 Å². The van der Waals surface area contributed by atoms with Gasteiger partial charge in [-0.3, -0.25) is 4.74 Å². The van der Waals surface area contributed by atoms with Crippen molar-refractivity contribution in [2.24, 2.45) is 0 Å². The van der Waals surface area contributed by atoms with E-state index >= 15 is 0 Å². The highest BCUT2D eigenvalue weighted by atomic mass is 19.4. The molecule has 0 aliphatic heterocycles. The predicted octanol–water partition coefficient (Wildman–Crippen LogP) is 3.29. The molecule has 0 spiro atoms. The Morgan fingerprint density at radius 1 is 1.25 bits per heavy atom. The van der Waals surface area contributed by atoms with Crippen LogP contribution in [-0.4, -0.2) is 24.1 Å². The van der Waals surface area contributed by atoms with E-state index in [0.29, 0.717) is 6.54 Å². The molecular weight excluding hydrogens is 269 g/mol. The lowest BCUT2D eigenvalue weighted by atomic mass is 10.1. The third-order valence-corrected chi connectivity index (χ3v) is 3.04. The van der Waals surface area contributed by atoms with E-state index in [4.69, 9.17) is 0 Å². The number of nitrogens with zero attached hydrogens (tertiary/aromatic N) is 1. The molecule has 1 aromatic heterocycles. The summed E-state index contributed by atoms with van der Waals surface area (Å²) in [6, 6.07) is 7.78. The molecule has 0 bridgehead atoms. The van der Waals surface area contributed by atoms with Gasteiger partial charge in [0, 0.05) is 19.3 Å². The number of alkyl halides is 3. The summed E-state index contributed by atoms with van der Waals surface area (Å²) in [5.41, 5.74) is 2.03. The van der Waals surface area contributed by atoms with Crippen LogP contribution in [0.25, 0.3) is 10.9 Å². The molecule has 6 heteroatoms. The van der Waals surface area contributed by atoms with Gasteiger partial charge >= 0.3 is 6.36 Å². The van der Waals surface area contributed by atoms with Gasteiger partial charge in [-0.25, -0.2) is 0 Å². The maximum Gasteiger partial charge on any atom is 0.522 e. The summed E-state index contributed by atoms with van der Waals surface area (Å²) >= 11 is 0. The van der Waals surface area contributed by atoms with Crippen LogP contribution in [0.15, 0.2) is 30.5 Å². The number of benzene rings is 1. The molecule has 0 saturated carbocycles. The highest BCUT2D eigenvalue weighted by molar-refractivity contribution is 5.83. The van der Waals surface area contributed by atoms with Crippen LogP contribution < -0.4 is 5.32 Å². The van der Waals surface area contributed by atoms with Crippen molar-refractivity contribution in [1.82, 2.24) is 9.88 Å². The van der Waals surface area contributed by atoms with E-state index in [1.165, 1.54) is 0 Å². The Kier molecular flexibility index (Phi) is 4.67. The van der Waals surface area contributed by atoms with E-state index in [1.807, 2.05) is 31.2 Å². The molecule has 110 valence electrons. The van der Waals surface area contributed by atoms with Crippen LogP contribution in [0.5, 0.6) is 0 Å². The lowest BCUT2D eigenvalue weighted by Crippen LogP contribution is -2.18. The summed E-state index contributed by atoms with van der Waals surface area (Å²) in [6.45, 7) is 3.33. The van der Waals surface area contributed by atoms with Crippen molar-refractivity contribution in [1.29, 1.82) is 0 Å². The van der Waals surface area contributed by atoms with Gasteiger partial charge in [0.15, 0.2) is 0 Å². The van der Waals surface area contributed by atoms with E-state index in [1.54, 1.807) is 10.8 Å². The Hall–Kier alpha value is -1.53. The zero-order valence-corrected chi connectivity index (χ0v) is 11.2. The first-order chi connectivity index (χ1) is 9.51. The first kappa shape index (κ1) is 14.9. The Morgan fingerprint density at radius 3 is 2.75 bits per heavy atom. The standard InChI is InChI=1S/C14H17F3N2O/c1-2-18-10-12-5-3-4-11-6-7-19(13(11)12)8-9-20-14(15,16)17/h3-7,18H,2,8-10H2,1H3. The lowest BCUT2D eigenvalue weighted by molar-refractivity contribution is -0.325. The molecule has 0 radical (unpaired) electrons. The third-order valence-electron chi connectivity index (χ3n) is 3.04. The zero-order valence-electron chi connectivity index (χ0n) is 11.2. The van der Waals surface area contributed by atoms with Crippen LogP contribution in [0.1, 0.15) is 12.5 Å². The van der Waals surface area contributed by atoms with E-state index in [-0.39, 0.29) is 13.2 Å². The van der Waals surface area contributed by atoms with Gasteiger partial charge in [0.2, 0.25) is 0 Å². The molecular formula is C14H17F3N2O. The smallest absolute Gasteiger partial charge is 0.345 e. The number of para-hydroxylation sites is 1. The van der Waals surface area contributed by atoms with Crippen molar-refractivity contribution in [3.63, 3.8) is 0 Å². The van der Waals surface area contributed by atoms with Crippen molar-refractivity contribution in [3.8, 4) is 0 Å². The molecule has 0 aliphatic carbocycles. The Balaban J connectivity index is 2.16. The third kappa shape index (κ3) is 3.74. The van der Waals surface area contributed by atoms with Crippen molar-refractivity contribution in [2.45, 2.75) is 26.4 Å². The summed E-state index contributed by atoms with van der Waals surface area (Å²) in [5.74, 6) is 0. The van der Waals surface area contributed by atoms with Crippen molar-refractivity contribution >= 4 is 10.9 Å². The van der Waals surface area contributed by atoms with Gasteiger partial charge in [-0.1, -0.05) is 25.1 Å². The number of aromatic nitrogens is 1. The van der Waals surface area contributed by atoms with Gasteiger partial charge in [0.1, 0.15) is 0 Å². The minimum atomic E-state index is -4.57. The number of halogens is 3. The van der Waals surface area contributed by atoms with Crippen LogP contribution in [0.2, 0.25) is 0 Å². The number of fused-ring (bicyclic) bond motifs is 1. The van der Waals surface area contributed by atoms with E-state index < -0.39 is 6.36 Å². The van der Waals surface area contributed by atoms with Gasteiger partial charge in [-0.15, -0.1) is 13.2 Å². The molecule has 0 amide bonds. The summed E-state index contributed by atoms with van der Waals surface area (Å²) in [4.78, 5) is 0. The number of rotatable bonds is 6. The minimum absolute atomic E-state index is 0.173. The SMILES string of the molecule is CCNCc1cccc2ccn(CCOC(F)(F)F)c12. The predicted molar refractivity (Wildman–Crippen MR) is 71.3 cm³/mol. The van der Waals surface area contributed by atoms with E-state index in [0.717, 1.165) is 23.0 Å². The molecule has 0 saturated heterocycles. The van der Waals surface area contributed by atoms with Gasteiger partial charge < -0.3 is 9.88 Å². The van der Waals surface area contributed by atoms with Gasteiger partial charge in [0.25, 0.3) is 0 Å². The molecule has 3 nitrogen and oxygen atoms in total. The summed E-state index contributed by atoms with van der Waals surface area (Å²) < 4.78 is 41.6. The molecule has 2 rings (SSSR count). The van der Waals surface area contributed by atoms with E-state index in [9.17, 15) is 13.2 Å². The molecule has 1 N–H and O–H groups in total. The van der Waals surface area contributed by atoms with Crippen LogP contribution in [-0.2, 0) is 17.8 Å². The quantitative estimate of drug-likeness (QED) is 0.882. The van der Waals surface area contributed by atoms with Crippen molar-refractivity contribution in [3.05, 3.63) is 36.0 Å². The number of hydrogen-bond donors (Lipinski definition) is 1. The maximum atomic E-state index is 12.0. The molecule has 2 aromatic rings. The lowest BCUT2D eigenvalue weighted by Gasteiger charge is -2.11. The second-order valence-corrected chi connectivity index (χ2v) is 4.44. The Labute approximate surface area is 115 Å². The van der Waals surface area contributed by atoms with Gasteiger partial charge in [-0.2, -0.15) is 0 Å². The molecule has 1 aromatic carbocycles. The number of nitrogens with one attached hydrogen (secondary N) is 1. The monoisotopic (exact) mass is 286 g/mol. The van der Waals surface area contributed by atoms with Gasteiger partial charge in [0.05, 0.1) is 12.1 Å². The van der Waals surface area contributed by atoms with Crippen molar-refractivity contribution in [2.75, 3.05) is 13.2 Å². The molecule has 0 fully saturated rings. The molecule has 0 aliphatic rings. The molecule has 0 unspecified atom stereocenters. The summed E-state index contributed by atoms with van der Waals surface area (Å²) in [5, 5.41) is 4.25. The Bertz CT molecular complexity index is 563. The second-order valence-electron chi connectivity index (χ2n) is 4.44. The second kappa shape index (κ2) is 6.28. The average molecular weight is 286 g/mol. The zero-order chi connectivity index (χ0) is 14.6. The van der Waals surface area contributed by atoms with Crippen LogP contribution in [0.3, 0.4) is 0 Å². The van der Waals surface area contributed by atoms with Crippen LogP contribution >= 0.6 is 0 Å². The maximum absolute atomic E-state index is 12.0. The Morgan fingerprint density at radius 2 is 2.05 bits per heavy atom. The number of hydrogen-bond acceptors (Lipinski definition) is 2. The minimum Gasteiger partial charge on any atom is -0.345 e. The molecule has 0 atom stereocenters. The molecule has 1 heterocycles. The fraction of sp³-hybridized carbons (Fsp3) is 0.429. The largest absolute Gasteiger partial charge is 0.522 e. The van der Waals surface area contributed by atoms with Crippen LogP contribution in [0.4, 0.5) is 13.2 Å². The molecule has 20 heavy (non-hydrogen) atoms. The summed E-state index contributed by atoms with van der Waals surface area (Å²) in [7, 11) is 0. The number of ether oxygens (including phenoxy) is 1. The summed E-state index contributed by atoms with van der Waals surface area (Å²) in [6.07, 6.45) is -2.78. The highest BCUT2D eigenvalue weighted by Gasteiger charge is 2.28. The fourth-order valence-electron chi connectivity index (χ4n) is 2.19. The van der Waals surface area contributed by atoms with Crippen LogP contribution in [0, 0.1) is 0 Å². The van der Waals surface area contributed by atoms with E-state index in [2.05, 4.69) is 10.1 Å². The first-order valence-corrected chi connectivity index (χ1v) is 6.49.